The molecule has 1 unspecified atom stereocenters. The van der Waals surface area contributed by atoms with Crippen molar-refractivity contribution in [1.82, 2.24) is 15.0 Å². The Morgan fingerprint density at radius 1 is 1.00 bits per heavy atom. The minimum Gasteiger partial charge on any atom is -0.361 e. The van der Waals surface area contributed by atoms with E-state index < -0.39 is 0 Å². The lowest BCUT2D eigenvalue weighted by Gasteiger charge is -2.38. The van der Waals surface area contributed by atoms with Crippen molar-refractivity contribution in [2.75, 3.05) is 31.5 Å². The predicted molar refractivity (Wildman–Crippen MR) is 122 cm³/mol. The van der Waals surface area contributed by atoms with E-state index in [9.17, 15) is 4.79 Å². The number of benzene rings is 2. The van der Waals surface area contributed by atoms with Gasteiger partial charge in [-0.05, 0) is 49.6 Å². The Morgan fingerprint density at radius 3 is 2.29 bits per heavy atom. The summed E-state index contributed by atoms with van der Waals surface area (Å²) in [5.74, 6) is 0.845. The number of hydrogen-bond acceptors (Lipinski definition) is 5. The largest absolute Gasteiger partial charge is 0.361 e. The van der Waals surface area contributed by atoms with Gasteiger partial charge in [0.1, 0.15) is 11.8 Å². The molecule has 31 heavy (non-hydrogen) atoms. The quantitative estimate of drug-likeness (QED) is 0.653. The average Bonchev–Trinajstić information content (AvgIpc) is 3.14. The SMILES string of the molecule is Cc1cc(C)cc(NC(=O)C(c2ccccc2)N2CCN(Cc3cc(C)on3)CC2)c1. The van der Waals surface area contributed by atoms with Crippen LogP contribution < -0.4 is 5.32 Å². The van der Waals surface area contributed by atoms with Crippen LogP contribution in [-0.2, 0) is 11.3 Å². The fraction of sp³-hybridized carbons (Fsp3) is 0.360. The second-order valence-electron chi connectivity index (χ2n) is 8.42. The molecule has 0 radical (unpaired) electrons. The fourth-order valence-corrected chi connectivity index (χ4v) is 4.32. The third-order valence-corrected chi connectivity index (χ3v) is 5.69. The van der Waals surface area contributed by atoms with Crippen LogP contribution in [0.1, 0.15) is 34.2 Å². The van der Waals surface area contributed by atoms with E-state index >= 15 is 0 Å². The van der Waals surface area contributed by atoms with Crippen LogP contribution in [0, 0.1) is 20.8 Å². The van der Waals surface area contributed by atoms with Crippen molar-refractivity contribution in [3.05, 3.63) is 82.7 Å². The van der Waals surface area contributed by atoms with Crippen LogP contribution in [0.5, 0.6) is 0 Å². The van der Waals surface area contributed by atoms with Gasteiger partial charge < -0.3 is 9.84 Å². The van der Waals surface area contributed by atoms with E-state index in [1.165, 1.54) is 0 Å². The summed E-state index contributed by atoms with van der Waals surface area (Å²) in [5.41, 5.74) is 5.11. The van der Waals surface area contributed by atoms with E-state index in [1.807, 2.05) is 69.3 Å². The first-order chi connectivity index (χ1) is 15.0. The molecule has 0 saturated carbocycles. The maximum atomic E-state index is 13.4. The molecule has 1 N–H and O–H groups in total. The van der Waals surface area contributed by atoms with E-state index in [0.29, 0.717) is 0 Å². The Kier molecular flexibility index (Phi) is 6.49. The number of nitrogens with one attached hydrogen (secondary N) is 1. The summed E-state index contributed by atoms with van der Waals surface area (Å²) in [6.07, 6.45) is 0. The van der Waals surface area contributed by atoms with Gasteiger partial charge in [-0.25, -0.2) is 0 Å². The minimum atomic E-state index is -0.321. The Morgan fingerprint density at radius 2 is 1.68 bits per heavy atom. The summed E-state index contributed by atoms with van der Waals surface area (Å²) < 4.78 is 5.19. The molecular weight excluding hydrogens is 388 g/mol. The molecule has 0 bridgehead atoms. The number of amides is 1. The third kappa shape index (κ3) is 5.40. The van der Waals surface area contributed by atoms with Crippen LogP contribution in [0.25, 0.3) is 0 Å². The highest BCUT2D eigenvalue weighted by Crippen LogP contribution is 2.25. The maximum Gasteiger partial charge on any atom is 0.246 e. The van der Waals surface area contributed by atoms with E-state index in [1.54, 1.807) is 0 Å². The highest BCUT2D eigenvalue weighted by molar-refractivity contribution is 5.95. The highest BCUT2D eigenvalue weighted by atomic mass is 16.5. The first-order valence-electron chi connectivity index (χ1n) is 10.8. The van der Waals surface area contributed by atoms with Gasteiger partial charge in [0, 0.05) is 44.5 Å². The number of carbonyl (C=O) groups is 1. The number of anilines is 1. The van der Waals surface area contributed by atoms with Crippen molar-refractivity contribution in [2.24, 2.45) is 0 Å². The summed E-state index contributed by atoms with van der Waals surface area (Å²) in [7, 11) is 0. The molecule has 1 saturated heterocycles. The molecule has 1 atom stereocenters. The van der Waals surface area contributed by atoms with Gasteiger partial charge in [-0.1, -0.05) is 41.6 Å². The van der Waals surface area contributed by atoms with Gasteiger partial charge in [0.25, 0.3) is 0 Å². The second-order valence-corrected chi connectivity index (χ2v) is 8.42. The number of aryl methyl sites for hydroxylation is 3. The summed E-state index contributed by atoms with van der Waals surface area (Å²) in [5, 5.41) is 7.26. The molecule has 0 spiro atoms. The molecule has 4 rings (SSSR count). The first-order valence-corrected chi connectivity index (χ1v) is 10.8. The molecule has 2 heterocycles. The van der Waals surface area contributed by atoms with E-state index in [-0.39, 0.29) is 11.9 Å². The zero-order valence-electron chi connectivity index (χ0n) is 18.5. The molecule has 0 aliphatic carbocycles. The van der Waals surface area contributed by atoms with Gasteiger partial charge in [-0.3, -0.25) is 14.6 Å². The van der Waals surface area contributed by atoms with E-state index in [2.05, 4.69) is 26.3 Å². The van der Waals surface area contributed by atoms with Gasteiger partial charge in [0.2, 0.25) is 5.91 Å². The number of hydrogen-bond donors (Lipinski definition) is 1. The van der Waals surface area contributed by atoms with Crippen molar-refractivity contribution in [3.63, 3.8) is 0 Å². The van der Waals surface area contributed by atoms with Gasteiger partial charge in [0.05, 0.1) is 5.69 Å². The number of nitrogens with zero attached hydrogens (tertiary/aromatic N) is 3. The molecule has 6 heteroatoms. The lowest BCUT2D eigenvalue weighted by molar-refractivity contribution is -0.122. The molecule has 1 aliphatic heterocycles. The molecule has 1 aliphatic rings. The van der Waals surface area contributed by atoms with Crippen molar-refractivity contribution in [1.29, 1.82) is 0 Å². The van der Waals surface area contributed by atoms with Crippen LogP contribution in [0.4, 0.5) is 5.69 Å². The van der Waals surface area contributed by atoms with Crippen LogP contribution >= 0.6 is 0 Å². The smallest absolute Gasteiger partial charge is 0.246 e. The molecule has 162 valence electrons. The van der Waals surface area contributed by atoms with Gasteiger partial charge in [0.15, 0.2) is 0 Å². The molecular formula is C25H30N4O2. The molecule has 1 aromatic heterocycles. The molecule has 1 amide bonds. The Labute approximate surface area is 183 Å². The van der Waals surface area contributed by atoms with Gasteiger partial charge >= 0.3 is 0 Å². The summed E-state index contributed by atoms with van der Waals surface area (Å²) in [6.45, 7) is 10.2. The molecule has 2 aromatic carbocycles. The van der Waals surface area contributed by atoms with Crippen molar-refractivity contribution < 1.29 is 9.32 Å². The minimum absolute atomic E-state index is 0.0109. The highest BCUT2D eigenvalue weighted by Gasteiger charge is 2.30. The number of rotatable bonds is 6. The Hall–Kier alpha value is -2.96. The molecule has 3 aromatic rings. The second kappa shape index (κ2) is 9.45. The summed E-state index contributed by atoms with van der Waals surface area (Å²) in [6, 6.07) is 17.9. The van der Waals surface area contributed by atoms with Crippen LogP contribution in [0.3, 0.4) is 0 Å². The van der Waals surface area contributed by atoms with Gasteiger partial charge in [-0.15, -0.1) is 0 Å². The summed E-state index contributed by atoms with van der Waals surface area (Å²) >= 11 is 0. The Balaban J connectivity index is 1.47. The first kappa shape index (κ1) is 21.3. The average molecular weight is 419 g/mol. The number of piperazine rings is 1. The predicted octanol–water partition coefficient (Wildman–Crippen LogP) is 4.10. The lowest BCUT2D eigenvalue weighted by atomic mass is 10.0. The number of carbonyl (C=O) groups excluding carboxylic acids is 1. The zero-order chi connectivity index (χ0) is 21.8. The summed E-state index contributed by atoms with van der Waals surface area (Å²) in [4.78, 5) is 18.1. The van der Waals surface area contributed by atoms with Crippen LogP contribution in [0.2, 0.25) is 0 Å². The lowest BCUT2D eigenvalue weighted by Crippen LogP contribution is -2.49. The maximum absolute atomic E-state index is 13.4. The van der Waals surface area contributed by atoms with Crippen molar-refractivity contribution in [2.45, 2.75) is 33.4 Å². The molecule has 6 nitrogen and oxygen atoms in total. The molecule has 1 fully saturated rings. The van der Waals surface area contributed by atoms with Crippen molar-refractivity contribution in [3.8, 4) is 0 Å². The van der Waals surface area contributed by atoms with Crippen molar-refractivity contribution >= 4 is 11.6 Å². The standard InChI is InChI=1S/C25H30N4O2/c1-18-13-19(2)15-22(14-18)26-25(30)24(21-7-5-4-6-8-21)29-11-9-28(10-12-29)17-23-16-20(3)31-27-23/h4-8,13-16,24H,9-12,17H2,1-3H3,(H,26,30). The number of aromatic nitrogens is 1. The monoisotopic (exact) mass is 418 g/mol. The normalized spacial score (nSPS) is 16.2. The Bertz CT molecular complexity index is 1000. The van der Waals surface area contributed by atoms with Crippen LogP contribution in [0.15, 0.2) is 59.1 Å². The topological polar surface area (TPSA) is 61.6 Å². The van der Waals surface area contributed by atoms with E-state index in [4.69, 9.17) is 4.52 Å². The van der Waals surface area contributed by atoms with E-state index in [0.717, 1.165) is 66.6 Å². The fourth-order valence-electron chi connectivity index (χ4n) is 4.32. The third-order valence-electron chi connectivity index (χ3n) is 5.69. The van der Waals surface area contributed by atoms with Crippen LogP contribution in [-0.4, -0.2) is 47.0 Å². The zero-order valence-corrected chi connectivity index (χ0v) is 18.5. The van der Waals surface area contributed by atoms with Gasteiger partial charge in [-0.2, -0.15) is 0 Å².